The van der Waals surface area contributed by atoms with Gasteiger partial charge >= 0.3 is 12.2 Å². The lowest BCUT2D eigenvalue weighted by Crippen LogP contribution is -2.43. The van der Waals surface area contributed by atoms with Crippen molar-refractivity contribution in [2.24, 2.45) is 17.8 Å². The maximum Gasteiger partial charge on any atom is 0.410 e. The first kappa shape index (κ1) is 30.8. The highest BCUT2D eigenvalue weighted by Crippen LogP contribution is 2.36. The van der Waals surface area contributed by atoms with E-state index in [-0.39, 0.29) is 17.8 Å². The van der Waals surface area contributed by atoms with E-state index in [0.29, 0.717) is 0 Å². The molecular formula is C32H56N2O4. The van der Waals surface area contributed by atoms with Gasteiger partial charge in [-0.1, -0.05) is 63.0 Å². The molecule has 2 saturated carbocycles. The molecule has 2 amide bonds. The molecule has 218 valence electrons. The number of piperidine rings is 1. The molecule has 0 aromatic carbocycles. The fraction of sp³-hybridized carbons (Fsp3) is 0.875. The molecule has 0 aromatic heterocycles. The second-order valence-electron chi connectivity index (χ2n) is 14.0. The third kappa shape index (κ3) is 10.4. The van der Waals surface area contributed by atoms with Crippen LogP contribution in [-0.2, 0) is 9.47 Å². The van der Waals surface area contributed by atoms with Crippen molar-refractivity contribution in [2.45, 2.75) is 136 Å². The van der Waals surface area contributed by atoms with Gasteiger partial charge in [-0.15, -0.1) is 0 Å². The van der Waals surface area contributed by atoms with E-state index in [2.05, 4.69) is 6.08 Å². The predicted molar refractivity (Wildman–Crippen MR) is 154 cm³/mol. The Morgan fingerprint density at radius 2 is 1.13 bits per heavy atom. The Morgan fingerprint density at radius 3 is 1.61 bits per heavy atom. The first-order chi connectivity index (χ1) is 17.9. The number of ether oxygens (including phenoxy) is 2. The summed E-state index contributed by atoms with van der Waals surface area (Å²) < 4.78 is 10.9. The van der Waals surface area contributed by atoms with Crippen LogP contribution in [0.4, 0.5) is 9.59 Å². The van der Waals surface area contributed by atoms with Crippen molar-refractivity contribution in [3.8, 4) is 0 Å². The van der Waals surface area contributed by atoms with Crippen molar-refractivity contribution in [2.75, 3.05) is 26.2 Å². The Bertz CT molecular complexity index is 774. The van der Waals surface area contributed by atoms with E-state index in [1.54, 1.807) is 5.57 Å². The molecule has 1 saturated heterocycles. The highest BCUT2D eigenvalue weighted by Gasteiger charge is 2.31. The average molecular weight is 533 g/mol. The molecule has 0 bridgehead atoms. The largest absolute Gasteiger partial charge is 0.444 e. The summed E-state index contributed by atoms with van der Waals surface area (Å²) in [6.45, 7) is 14.8. The molecule has 0 unspecified atom stereocenters. The summed E-state index contributed by atoms with van der Waals surface area (Å²) in [5.74, 6) is 2.56. The van der Waals surface area contributed by atoms with Crippen molar-refractivity contribution in [1.29, 1.82) is 0 Å². The van der Waals surface area contributed by atoms with Crippen molar-refractivity contribution in [3.05, 3.63) is 11.6 Å². The lowest BCUT2D eigenvalue weighted by molar-refractivity contribution is 0.0147. The van der Waals surface area contributed by atoms with Gasteiger partial charge in [-0.3, -0.25) is 0 Å². The quantitative estimate of drug-likeness (QED) is 0.335. The van der Waals surface area contributed by atoms with E-state index in [9.17, 15) is 9.59 Å². The van der Waals surface area contributed by atoms with Gasteiger partial charge in [-0.2, -0.15) is 0 Å². The summed E-state index contributed by atoms with van der Waals surface area (Å²) in [4.78, 5) is 27.7. The number of nitrogens with zero attached hydrogens (tertiary/aromatic N) is 2. The van der Waals surface area contributed by atoms with E-state index in [1.807, 2.05) is 51.3 Å². The minimum atomic E-state index is -0.398. The smallest absolute Gasteiger partial charge is 0.410 e. The minimum Gasteiger partial charge on any atom is -0.444 e. The van der Waals surface area contributed by atoms with E-state index >= 15 is 0 Å². The number of rotatable bonds is 2. The van der Waals surface area contributed by atoms with Gasteiger partial charge in [-0.25, -0.2) is 9.59 Å². The molecule has 0 N–H and O–H groups in total. The van der Waals surface area contributed by atoms with Crippen LogP contribution < -0.4 is 0 Å². The Balaban J connectivity index is 0.000000211. The molecule has 0 aromatic rings. The zero-order valence-electron chi connectivity index (χ0n) is 25.4. The van der Waals surface area contributed by atoms with Crippen LogP contribution in [0.25, 0.3) is 0 Å². The zero-order valence-corrected chi connectivity index (χ0v) is 25.4. The molecule has 0 radical (unpaired) electrons. The Morgan fingerprint density at radius 1 is 0.658 bits per heavy atom. The van der Waals surface area contributed by atoms with Gasteiger partial charge in [0.2, 0.25) is 0 Å². The van der Waals surface area contributed by atoms with E-state index in [1.165, 1.54) is 77.0 Å². The first-order valence-corrected chi connectivity index (χ1v) is 15.6. The Kier molecular flexibility index (Phi) is 11.4. The normalized spacial score (nSPS) is 22.7. The summed E-state index contributed by atoms with van der Waals surface area (Å²) in [5.41, 5.74) is 0.807. The number of likely N-dealkylation sites (tertiary alicyclic amines) is 1. The molecule has 2 heterocycles. The topological polar surface area (TPSA) is 59.1 Å². The molecule has 6 nitrogen and oxygen atoms in total. The second kappa shape index (κ2) is 14.1. The summed E-state index contributed by atoms with van der Waals surface area (Å²) >= 11 is 0. The fourth-order valence-electron chi connectivity index (χ4n) is 6.51. The average Bonchev–Trinajstić information content (AvgIpc) is 2.88. The predicted octanol–water partition coefficient (Wildman–Crippen LogP) is 8.35. The van der Waals surface area contributed by atoms with Crippen molar-refractivity contribution >= 4 is 12.2 Å². The van der Waals surface area contributed by atoms with Gasteiger partial charge in [0, 0.05) is 26.2 Å². The Labute approximate surface area is 232 Å². The van der Waals surface area contributed by atoms with Crippen LogP contribution in [0.3, 0.4) is 0 Å². The Hall–Kier alpha value is -1.72. The summed E-state index contributed by atoms with van der Waals surface area (Å²) in [5, 5.41) is 0. The van der Waals surface area contributed by atoms with Crippen LogP contribution in [0.2, 0.25) is 0 Å². The number of hydrogen-bond donors (Lipinski definition) is 0. The summed E-state index contributed by atoms with van der Waals surface area (Å²) in [6, 6.07) is 0. The van der Waals surface area contributed by atoms with E-state index in [0.717, 1.165) is 50.4 Å². The van der Waals surface area contributed by atoms with Crippen LogP contribution in [-0.4, -0.2) is 59.4 Å². The molecule has 6 heteroatoms. The lowest BCUT2D eigenvalue weighted by Gasteiger charge is -2.38. The monoisotopic (exact) mass is 532 g/mol. The summed E-state index contributed by atoms with van der Waals surface area (Å²) in [6.07, 6.45) is 19.2. The summed E-state index contributed by atoms with van der Waals surface area (Å²) in [7, 11) is 0. The maximum absolute atomic E-state index is 12.0. The van der Waals surface area contributed by atoms with Crippen LogP contribution in [0.5, 0.6) is 0 Å². The highest BCUT2D eigenvalue weighted by molar-refractivity contribution is 5.69. The van der Waals surface area contributed by atoms with Crippen molar-refractivity contribution in [3.63, 3.8) is 0 Å². The second-order valence-corrected chi connectivity index (χ2v) is 14.0. The highest BCUT2D eigenvalue weighted by atomic mass is 16.6. The third-order valence-corrected chi connectivity index (χ3v) is 8.53. The molecule has 4 rings (SSSR count). The zero-order chi connectivity index (χ0) is 27.8. The molecule has 3 fully saturated rings. The van der Waals surface area contributed by atoms with Gasteiger partial charge in [0.05, 0.1) is 0 Å². The third-order valence-electron chi connectivity index (χ3n) is 8.53. The lowest BCUT2D eigenvalue weighted by atomic mass is 9.76. The molecule has 2 aliphatic heterocycles. The number of carbonyl (C=O) groups excluding carboxylic acids is 2. The number of hydrogen-bond acceptors (Lipinski definition) is 4. The maximum atomic E-state index is 12.0. The van der Waals surface area contributed by atoms with Gasteiger partial charge in [0.1, 0.15) is 11.2 Å². The SMILES string of the molecule is CC(C)(C)OC(=O)N1CC=C(C2CCCCC2)CC1.CC(C)(C)OC(=O)N1CCC(C2CCCCC2)CC1. The van der Waals surface area contributed by atoms with Gasteiger partial charge < -0.3 is 19.3 Å². The number of carbonyl (C=O) groups is 2. The fourth-order valence-corrected chi connectivity index (χ4v) is 6.51. The van der Waals surface area contributed by atoms with Crippen LogP contribution in [0.15, 0.2) is 11.6 Å². The molecule has 38 heavy (non-hydrogen) atoms. The molecule has 0 spiro atoms. The number of amides is 2. The molecule has 0 atom stereocenters. The molecular weight excluding hydrogens is 476 g/mol. The first-order valence-electron chi connectivity index (χ1n) is 15.6. The molecule has 4 aliphatic rings. The van der Waals surface area contributed by atoms with Crippen LogP contribution in [0, 0.1) is 17.8 Å². The standard InChI is InChI=1S/C16H29NO2.C16H27NO2/c2*1-16(2,3)19-15(18)17-11-9-14(10-12-17)13-7-5-4-6-8-13/h13-14H,4-12H2,1-3H3;9,13H,4-8,10-12H2,1-3H3. The minimum absolute atomic E-state index is 0.130. The van der Waals surface area contributed by atoms with E-state index < -0.39 is 5.60 Å². The van der Waals surface area contributed by atoms with Crippen molar-refractivity contribution in [1.82, 2.24) is 9.80 Å². The van der Waals surface area contributed by atoms with Gasteiger partial charge in [-0.05, 0) is 91.4 Å². The molecule has 2 aliphatic carbocycles. The van der Waals surface area contributed by atoms with Gasteiger partial charge in [0.25, 0.3) is 0 Å². The van der Waals surface area contributed by atoms with Crippen LogP contribution in [0.1, 0.15) is 125 Å². The van der Waals surface area contributed by atoms with Crippen LogP contribution >= 0.6 is 0 Å². The van der Waals surface area contributed by atoms with E-state index in [4.69, 9.17) is 9.47 Å². The van der Waals surface area contributed by atoms with Crippen molar-refractivity contribution < 1.29 is 19.1 Å². The van der Waals surface area contributed by atoms with Gasteiger partial charge in [0.15, 0.2) is 0 Å².